The summed E-state index contributed by atoms with van der Waals surface area (Å²) in [7, 11) is 0. The van der Waals surface area contributed by atoms with Gasteiger partial charge in [-0.05, 0) is 31.2 Å². The van der Waals surface area contributed by atoms with Crippen molar-refractivity contribution in [1.82, 2.24) is 15.2 Å². The lowest BCUT2D eigenvalue weighted by atomic mass is 10.1. The minimum Gasteiger partial charge on any atom is -0.328 e. The zero-order chi connectivity index (χ0) is 15.6. The van der Waals surface area contributed by atoms with Crippen LogP contribution in [0.3, 0.4) is 0 Å². The molecule has 5 nitrogen and oxygen atoms in total. The average molecular weight is 303 g/mol. The predicted octanol–water partition coefficient (Wildman–Crippen LogP) is 3.54. The van der Waals surface area contributed by atoms with E-state index >= 15 is 0 Å². The fraction of sp³-hybridized carbons (Fsp3) is 0.111. The molecule has 23 heavy (non-hydrogen) atoms. The quantitative estimate of drug-likeness (QED) is 0.804. The first-order chi connectivity index (χ1) is 11.3. The summed E-state index contributed by atoms with van der Waals surface area (Å²) in [4.78, 5) is 8.88. The molecule has 0 saturated heterocycles. The van der Waals surface area contributed by atoms with Gasteiger partial charge in [0.1, 0.15) is 5.82 Å². The molecule has 0 spiro atoms. The first-order valence-corrected chi connectivity index (χ1v) is 7.56. The van der Waals surface area contributed by atoms with Gasteiger partial charge in [-0.15, -0.1) is 0 Å². The van der Waals surface area contributed by atoms with Crippen LogP contribution in [0.4, 0.5) is 11.4 Å². The molecule has 0 bridgehead atoms. The van der Waals surface area contributed by atoms with E-state index in [0.717, 1.165) is 29.6 Å². The Morgan fingerprint density at radius 1 is 0.913 bits per heavy atom. The van der Waals surface area contributed by atoms with Crippen molar-refractivity contribution >= 4 is 11.4 Å². The maximum atomic E-state index is 4.46. The summed E-state index contributed by atoms with van der Waals surface area (Å²) in [6, 6.07) is 18.6. The van der Waals surface area contributed by atoms with E-state index in [1.165, 1.54) is 5.69 Å². The fourth-order valence-corrected chi connectivity index (χ4v) is 2.75. The molecule has 1 aliphatic heterocycles. The molecule has 3 aromatic rings. The van der Waals surface area contributed by atoms with Crippen LogP contribution in [-0.2, 0) is 0 Å². The van der Waals surface area contributed by atoms with E-state index in [2.05, 4.69) is 73.8 Å². The molecule has 0 radical (unpaired) electrons. The maximum absolute atomic E-state index is 4.46. The highest BCUT2D eigenvalue weighted by atomic mass is 15.3. The molecule has 2 aromatic carbocycles. The van der Waals surface area contributed by atoms with E-state index in [1.807, 2.05) is 25.1 Å². The number of aryl methyl sites for hydroxylation is 1. The Labute approximate surface area is 134 Å². The predicted molar refractivity (Wildman–Crippen MR) is 92.0 cm³/mol. The third-order valence-corrected chi connectivity index (χ3v) is 3.88. The Bertz CT molecular complexity index is 837. The zero-order valence-electron chi connectivity index (χ0n) is 12.8. The van der Waals surface area contributed by atoms with Crippen LogP contribution < -0.4 is 9.80 Å². The lowest BCUT2D eigenvalue weighted by Gasteiger charge is -2.23. The number of anilines is 2. The van der Waals surface area contributed by atoms with Crippen LogP contribution >= 0.6 is 0 Å². The smallest absolute Gasteiger partial charge is 0.157 e. The fourth-order valence-electron chi connectivity index (χ4n) is 2.75. The lowest BCUT2D eigenvalue weighted by Crippen LogP contribution is -2.24. The summed E-state index contributed by atoms with van der Waals surface area (Å²) < 4.78 is 0. The molecular weight excluding hydrogens is 286 g/mol. The summed E-state index contributed by atoms with van der Waals surface area (Å²) in [5.74, 6) is 1.54. The van der Waals surface area contributed by atoms with Crippen molar-refractivity contribution < 1.29 is 0 Å². The van der Waals surface area contributed by atoms with Gasteiger partial charge >= 0.3 is 0 Å². The molecular formula is C18H17N5. The van der Waals surface area contributed by atoms with Crippen LogP contribution in [-0.4, -0.2) is 21.9 Å². The third kappa shape index (κ3) is 2.57. The van der Waals surface area contributed by atoms with Crippen LogP contribution in [0.2, 0.25) is 0 Å². The van der Waals surface area contributed by atoms with Gasteiger partial charge in [-0.25, -0.2) is 4.98 Å². The molecule has 2 heterocycles. The van der Waals surface area contributed by atoms with Crippen molar-refractivity contribution in [2.45, 2.75) is 6.92 Å². The summed E-state index contributed by atoms with van der Waals surface area (Å²) >= 11 is 0. The van der Waals surface area contributed by atoms with E-state index in [-0.39, 0.29) is 0 Å². The van der Waals surface area contributed by atoms with Gasteiger partial charge in [-0.2, -0.15) is 5.10 Å². The largest absolute Gasteiger partial charge is 0.328 e. The number of hydrogen-bond acceptors (Lipinski definition) is 4. The Hall–Kier alpha value is -3.08. The highest BCUT2D eigenvalue weighted by Gasteiger charge is 2.19. The van der Waals surface area contributed by atoms with Gasteiger partial charge in [-0.1, -0.05) is 30.3 Å². The number of aromatic amines is 1. The molecule has 0 unspecified atom stereocenters. The van der Waals surface area contributed by atoms with Crippen LogP contribution in [0, 0.1) is 6.92 Å². The molecule has 0 amide bonds. The van der Waals surface area contributed by atoms with Gasteiger partial charge in [0.05, 0.1) is 12.4 Å². The summed E-state index contributed by atoms with van der Waals surface area (Å²) in [6.07, 6.45) is 4.19. The summed E-state index contributed by atoms with van der Waals surface area (Å²) in [5.41, 5.74) is 3.34. The van der Waals surface area contributed by atoms with Crippen molar-refractivity contribution in [3.05, 3.63) is 72.8 Å². The van der Waals surface area contributed by atoms with Crippen molar-refractivity contribution in [2.75, 3.05) is 16.5 Å². The van der Waals surface area contributed by atoms with E-state index in [1.54, 1.807) is 0 Å². The van der Waals surface area contributed by atoms with Crippen molar-refractivity contribution in [2.24, 2.45) is 0 Å². The van der Waals surface area contributed by atoms with E-state index in [4.69, 9.17) is 0 Å². The van der Waals surface area contributed by atoms with Gasteiger partial charge in [0.25, 0.3) is 0 Å². The van der Waals surface area contributed by atoms with Gasteiger partial charge in [0.15, 0.2) is 5.82 Å². The molecule has 4 rings (SSSR count). The Balaban J connectivity index is 1.64. The van der Waals surface area contributed by atoms with E-state index < -0.39 is 0 Å². The average Bonchev–Trinajstić information content (AvgIpc) is 3.25. The number of H-pyrrole nitrogens is 1. The molecule has 0 fully saturated rings. The van der Waals surface area contributed by atoms with Crippen molar-refractivity contribution in [3.63, 3.8) is 0 Å². The maximum Gasteiger partial charge on any atom is 0.157 e. The SMILES string of the molecule is Cc1n[nH]c(-c2ccccc2N2C=CN(c3ccccc3)C2)n1. The first-order valence-electron chi connectivity index (χ1n) is 7.56. The minimum absolute atomic E-state index is 0.748. The minimum atomic E-state index is 0.748. The highest BCUT2D eigenvalue weighted by Crippen LogP contribution is 2.31. The summed E-state index contributed by atoms with van der Waals surface area (Å²) in [5, 5.41) is 7.14. The van der Waals surface area contributed by atoms with Crippen LogP contribution in [0.15, 0.2) is 67.0 Å². The van der Waals surface area contributed by atoms with Gasteiger partial charge in [-0.3, -0.25) is 5.10 Å². The number of para-hydroxylation sites is 2. The topological polar surface area (TPSA) is 48.1 Å². The Morgan fingerprint density at radius 2 is 1.65 bits per heavy atom. The van der Waals surface area contributed by atoms with Gasteiger partial charge in [0.2, 0.25) is 0 Å². The number of benzene rings is 2. The molecule has 0 saturated carbocycles. The van der Waals surface area contributed by atoms with Crippen LogP contribution in [0.5, 0.6) is 0 Å². The molecule has 1 aliphatic rings. The number of nitrogens with one attached hydrogen (secondary N) is 1. The van der Waals surface area contributed by atoms with Crippen molar-refractivity contribution in [3.8, 4) is 11.4 Å². The standard InChI is InChI=1S/C18H17N5/c1-14-19-18(21-20-14)16-9-5-6-10-17(16)23-12-11-22(13-23)15-7-3-2-4-8-15/h2-12H,13H2,1H3,(H,19,20,21). The molecule has 1 N–H and O–H groups in total. The Morgan fingerprint density at radius 3 is 2.43 bits per heavy atom. The normalized spacial score (nSPS) is 13.8. The first kappa shape index (κ1) is 13.6. The second-order valence-corrected chi connectivity index (χ2v) is 5.46. The number of hydrogen-bond donors (Lipinski definition) is 1. The molecule has 114 valence electrons. The second-order valence-electron chi connectivity index (χ2n) is 5.46. The highest BCUT2D eigenvalue weighted by molar-refractivity contribution is 5.76. The second kappa shape index (κ2) is 5.61. The molecule has 1 aromatic heterocycles. The monoisotopic (exact) mass is 303 g/mol. The summed E-state index contributed by atoms with van der Waals surface area (Å²) in [6.45, 7) is 2.66. The van der Waals surface area contributed by atoms with Crippen molar-refractivity contribution in [1.29, 1.82) is 0 Å². The van der Waals surface area contributed by atoms with E-state index in [0.29, 0.717) is 0 Å². The number of nitrogens with zero attached hydrogens (tertiary/aromatic N) is 4. The number of aromatic nitrogens is 3. The molecule has 0 atom stereocenters. The number of rotatable bonds is 3. The van der Waals surface area contributed by atoms with E-state index in [9.17, 15) is 0 Å². The lowest BCUT2D eigenvalue weighted by molar-refractivity contribution is 0.974. The van der Waals surface area contributed by atoms with Gasteiger partial charge < -0.3 is 9.80 Å². The molecule has 5 heteroatoms. The zero-order valence-corrected chi connectivity index (χ0v) is 12.8. The molecule has 0 aliphatic carbocycles. The Kier molecular flexibility index (Phi) is 3.31. The van der Waals surface area contributed by atoms with Gasteiger partial charge in [0, 0.05) is 23.7 Å². The third-order valence-electron chi connectivity index (χ3n) is 3.88. The van der Waals surface area contributed by atoms with Crippen LogP contribution in [0.25, 0.3) is 11.4 Å². The van der Waals surface area contributed by atoms with Crippen LogP contribution in [0.1, 0.15) is 5.82 Å².